The molecule has 1 amide bonds. The number of benzene rings is 2. The van der Waals surface area contributed by atoms with Crippen LogP contribution in [0.15, 0.2) is 84.7 Å². The fourth-order valence-corrected chi connectivity index (χ4v) is 4.40. The van der Waals surface area contributed by atoms with Crippen molar-refractivity contribution in [1.82, 2.24) is 14.9 Å². The number of amides is 1. The van der Waals surface area contributed by atoms with Crippen LogP contribution >= 0.6 is 0 Å². The fraction of sp³-hybridized carbons (Fsp3) is 0.148. The van der Waals surface area contributed by atoms with Gasteiger partial charge in [0.1, 0.15) is 11.8 Å². The topological polar surface area (TPSA) is 86.3 Å². The van der Waals surface area contributed by atoms with Crippen molar-refractivity contribution >= 4 is 28.4 Å². The maximum absolute atomic E-state index is 13.1. The van der Waals surface area contributed by atoms with Gasteiger partial charge < -0.3 is 15.0 Å². The van der Waals surface area contributed by atoms with E-state index in [9.17, 15) is 14.7 Å². The van der Waals surface area contributed by atoms with E-state index >= 15 is 0 Å². The van der Waals surface area contributed by atoms with Crippen LogP contribution < -0.4 is 0 Å². The van der Waals surface area contributed by atoms with Crippen molar-refractivity contribution in [2.24, 2.45) is 0 Å². The number of rotatable bonds is 5. The number of aromatic amines is 1. The lowest BCUT2D eigenvalue weighted by atomic mass is 9.98. The highest BCUT2D eigenvalue weighted by Crippen LogP contribution is 2.38. The number of Topliss-reactive ketones (excluding diaryl/α,β-unsaturated/α-hetero) is 1. The van der Waals surface area contributed by atoms with E-state index < -0.39 is 17.7 Å². The van der Waals surface area contributed by atoms with Crippen molar-refractivity contribution in [2.45, 2.75) is 19.4 Å². The largest absolute Gasteiger partial charge is 0.507 e. The Balaban J connectivity index is 1.55. The number of H-pyrrole nitrogens is 1. The van der Waals surface area contributed by atoms with Gasteiger partial charge in [0.25, 0.3) is 11.7 Å². The van der Waals surface area contributed by atoms with Crippen molar-refractivity contribution in [2.75, 3.05) is 6.54 Å². The van der Waals surface area contributed by atoms with Gasteiger partial charge in [-0.05, 0) is 37.1 Å². The maximum Gasteiger partial charge on any atom is 0.295 e. The molecule has 0 spiro atoms. The molecule has 1 unspecified atom stereocenters. The first kappa shape index (κ1) is 20.7. The van der Waals surface area contributed by atoms with E-state index in [1.165, 1.54) is 4.90 Å². The Morgan fingerprint density at radius 3 is 2.55 bits per heavy atom. The van der Waals surface area contributed by atoms with Crippen LogP contribution in [-0.4, -0.2) is 38.2 Å². The summed E-state index contributed by atoms with van der Waals surface area (Å²) in [5.74, 6) is -1.50. The van der Waals surface area contributed by atoms with Crippen LogP contribution in [0.5, 0.6) is 0 Å². The summed E-state index contributed by atoms with van der Waals surface area (Å²) in [6.07, 6.45) is 4.12. The highest BCUT2D eigenvalue weighted by atomic mass is 16.3. The third kappa shape index (κ3) is 3.69. The molecule has 2 aromatic heterocycles. The minimum absolute atomic E-state index is 0.0708. The summed E-state index contributed by atoms with van der Waals surface area (Å²) in [6, 6.07) is 19.8. The van der Waals surface area contributed by atoms with E-state index in [2.05, 4.69) is 9.97 Å². The number of carbonyl (C=O) groups excluding carboxylic acids is 2. The Morgan fingerprint density at radius 1 is 1.03 bits per heavy atom. The second kappa shape index (κ2) is 8.39. The monoisotopic (exact) mass is 437 g/mol. The lowest BCUT2D eigenvalue weighted by molar-refractivity contribution is -0.139. The Hall–Kier alpha value is -4.19. The van der Waals surface area contributed by atoms with Crippen LogP contribution in [0.1, 0.15) is 28.4 Å². The van der Waals surface area contributed by atoms with Gasteiger partial charge in [-0.3, -0.25) is 14.6 Å². The zero-order valence-corrected chi connectivity index (χ0v) is 18.2. The maximum atomic E-state index is 13.1. The number of pyridine rings is 1. The molecule has 2 aromatic carbocycles. The number of aromatic nitrogens is 2. The average Bonchev–Trinajstić information content (AvgIpc) is 3.37. The SMILES string of the molecule is Cc1ccc(/C(O)=C2/C(=O)C(=O)N(CCc3c[nH]c4ccccc34)C2c2ccccn2)cc1. The molecular weight excluding hydrogens is 414 g/mol. The molecule has 6 nitrogen and oxygen atoms in total. The van der Waals surface area contributed by atoms with Crippen LogP contribution in [-0.2, 0) is 16.0 Å². The Bertz CT molecular complexity index is 1370. The van der Waals surface area contributed by atoms with Gasteiger partial charge in [0.2, 0.25) is 0 Å². The molecule has 1 fully saturated rings. The molecule has 2 N–H and O–H groups in total. The van der Waals surface area contributed by atoms with E-state index in [4.69, 9.17) is 0 Å². The number of nitrogens with zero attached hydrogens (tertiary/aromatic N) is 2. The smallest absolute Gasteiger partial charge is 0.295 e. The van der Waals surface area contributed by atoms with Gasteiger partial charge in [0.05, 0.1) is 11.3 Å². The molecule has 0 bridgehead atoms. The van der Waals surface area contributed by atoms with Gasteiger partial charge in [-0.15, -0.1) is 0 Å². The summed E-state index contributed by atoms with van der Waals surface area (Å²) in [6.45, 7) is 2.26. The van der Waals surface area contributed by atoms with E-state index in [1.54, 1.807) is 30.5 Å². The van der Waals surface area contributed by atoms with Gasteiger partial charge in [-0.1, -0.05) is 54.1 Å². The minimum atomic E-state index is -0.752. The van der Waals surface area contributed by atoms with Crippen molar-refractivity contribution in [3.63, 3.8) is 0 Å². The Kier molecular flexibility index (Phi) is 5.26. The van der Waals surface area contributed by atoms with Crippen LogP contribution in [0.2, 0.25) is 0 Å². The lowest BCUT2D eigenvalue weighted by Gasteiger charge is -2.24. The van der Waals surface area contributed by atoms with Gasteiger partial charge in [-0.2, -0.15) is 0 Å². The second-order valence-corrected chi connectivity index (χ2v) is 8.22. The van der Waals surface area contributed by atoms with Crippen LogP contribution in [0.25, 0.3) is 16.7 Å². The molecule has 0 aliphatic carbocycles. The highest BCUT2D eigenvalue weighted by Gasteiger charge is 2.46. The summed E-state index contributed by atoms with van der Waals surface area (Å²) >= 11 is 0. The number of hydrogen-bond donors (Lipinski definition) is 2. The van der Waals surface area contributed by atoms with Crippen LogP contribution in [0.4, 0.5) is 0 Å². The molecule has 6 heteroatoms. The van der Waals surface area contributed by atoms with E-state index in [0.29, 0.717) is 24.2 Å². The standard InChI is InChI=1S/C27H23N3O3/c1-17-9-11-18(12-10-17)25(31)23-24(22-8-4-5-14-28-22)30(27(33)26(23)32)15-13-19-16-29-21-7-3-2-6-20(19)21/h2-12,14,16,24,29,31H,13,15H2,1H3/b25-23-. The quantitative estimate of drug-likeness (QED) is 0.273. The van der Waals surface area contributed by atoms with Crippen molar-refractivity contribution in [3.8, 4) is 0 Å². The summed E-state index contributed by atoms with van der Waals surface area (Å²) < 4.78 is 0. The number of ketones is 1. The number of aliphatic hydroxyl groups is 1. The van der Waals surface area contributed by atoms with E-state index in [1.807, 2.05) is 55.6 Å². The molecule has 1 aliphatic rings. The molecule has 0 radical (unpaired) electrons. The predicted octanol–water partition coefficient (Wildman–Crippen LogP) is 4.54. The Labute approximate surface area is 191 Å². The molecule has 1 atom stereocenters. The molecule has 0 saturated carbocycles. The molecular formula is C27H23N3O3. The van der Waals surface area contributed by atoms with Crippen LogP contribution in [0, 0.1) is 6.92 Å². The number of aryl methyl sites for hydroxylation is 1. The fourth-order valence-electron chi connectivity index (χ4n) is 4.40. The number of para-hydroxylation sites is 1. The van der Waals surface area contributed by atoms with E-state index in [-0.39, 0.29) is 11.3 Å². The van der Waals surface area contributed by atoms with Gasteiger partial charge >= 0.3 is 0 Å². The van der Waals surface area contributed by atoms with Crippen molar-refractivity contribution in [1.29, 1.82) is 0 Å². The third-order valence-electron chi connectivity index (χ3n) is 6.13. The number of nitrogens with one attached hydrogen (secondary N) is 1. The molecule has 5 rings (SSSR count). The van der Waals surface area contributed by atoms with E-state index in [0.717, 1.165) is 22.0 Å². The third-order valence-corrected chi connectivity index (χ3v) is 6.13. The van der Waals surface area contributed by atoms with Crippen LogP contribution in [0.3, 0.4) is 0 Å². The molecule has 1 aliphatic heterocycles. The number of aliphatic hydroxyl groups excluding tert-OH is 1. The summed E-state index contributed by atoms with van der Waals surface area (Å²) in [5, 5.41) is 12.2. The number of hydrogen-bond acceptors (Lipinski definition) is 4. The molecule has 1 saturated heterocycles. The lowest BCUT2D eigenvalue weighted by Crippen LogP contribution is -2.32. The zero-order chi connectivity index (χ0) is 22.9. The second-order valence-electron chi connectivity index (χ2n) is 8.22. The van der Waals surface area contributed by atoms with Crippen molar-refractivity contribution in [3.05, 3.63) is 107 Å². The summed E-state index contributed by atoms with van der Waals surface area (Å²) in [7, 11) is 0. The van der Waals surface area contributed by atoms with Gasteiger partial charge in [-0.25, -0.2) is 0 Å². The van der Waals surface area contributed by atoms with Crippen molar-refractivity contribution < 1.29 is 14.7 Å². The summed E-state index contributed by atoms with van der Waals surface area (Å²) in [4.78, 5) is 35.4. The molecule has 4 aromatic rings. The molecule has 33 heavy (non-hydrogen) atoms. The number of likely N-dealkylation sites (tertiary alicyclic amines) is 1. The first-order valence-corrected chi connectivity index (χ1v) is 10.9. The number of fused-ring (bicyclic) bond motifs is 1. The zero-order valence-electron chi connectivity index (χ0n) is 18.2. The summed E-state index contributed by atoms with van der Waals surface area (Å²) in [5.41, 5.74) is 4.23. The normalized spacial score (nSPS) is 17.7. The average molecular weight is 437 g/mol. The highest BCUT2D eigenvalue weighted by molar-refractivity contribution is 6.46. The predicted molar refractivity (Wildman–Crippen MR) is 126 cm³/mol. The Morgan fingerprint density at radius 2 is 1.79 bits per heavy atom. The number of carbonyl (C=O) groups is 2. The molecule has 164 valence electrons. The first-order chi connectivity index (χ1) is 16.0. The van der Waals surface area contributed by atoms with Gasteiger partial charge in [0.15, 0.2) is 0 Å². The first-order valence-electron chi connectivity index (χ1n) is 10.9. The van der Waals surface area contributed by atoms with Gasteiger partial charge in [0, 0.05) is 35.4 Å². The molecule has 3 heterocycles. The minimum Gasteiger partial charge on any atom is -0.507 e.